The molecule has 0 spiro atoms. The normalized spacial score (nSPS) is 14.1. The lowest BCUT2D eigenvalue weighted by atomic mass is 10.1. The molecule has 1 fully saturated rings. The van der Waals surface area contributed by atoms with E-state index >= 15 is 0 Å². The van der Waals surface area contributed by atoms with E-state index in [1.54, 1.807) is 24.1 Å². The SMILES string of the molecule is COc1ccccc1C(=O)N1CCN(C(=O)CCc2cccc(Cl)c2)CC1. The van der Waals surface area contributed by atoms with Crippen LogP contribution in [0.1, 0.15) is 22.3 Å². The Balaban J connectivity index is 1.52. The van der Waals surface area contributed by atoms with E-state index in [1.165, 1.54) is 0 Å². The fourth-order valence-corrected chi connectivity index (χ4v) is 3.47. The van der Waals surface area contributed by atoms with Crippen LogP contribution in [0.4, 0.5) is 0 Å². The van der Waals surface area contributed by atoms with Gasteiger partial charge in [0.2, 0.25) is 5.91 Å². The van der Waals surface area contributed by atoms with Gasteiger partial charge < -0.3 is 14.5 Å². The highest BCUT2D eigenvalue weighted by Crippen LogP contribution is 2.20. The molecule has 2 amide bonds. The van der Waals surface area contributed by atoms with Crippen molar-refractivity contribution in [3.63, 3.8) is 0 Å². The van der Waals surface area contributed by atoms with E-state index in [1.807, 2.05) is 41.3 Å². The minimum atomic E-state index is -0.0570. The van der Waals surface area contributed by atoms with E-state index in [0.29, 0.717) is 55.4 Å². The molecule has 1 heterocycles. The van der Waals surface area contributed by atoms with Gasteiger partial charge in [0.15, 0.2) is 0 Å². The van der Waals surface area contributed by atoms with Crippen LogP contribution in [0, 0.1) is 0 Å². The summed E-state index contributed by atoms with van der Waals surface area (Å²) in [4.78, 5) is 28.8. The van der Waals surface area contributed by atoms with Crippen LogP contribution in [0.15, 0.2) is 48.5 Å². The molecule has 2 aromatic rings. The van der Waals surface area contributed by atoms with Crippen molar-refractivity contribution in [1.82, 2.24) is 9.80 Å². The first kappa shape index (κ1) is 19.2. The zero-order valence-electron chi connectivity index (χ0n) is 15.4. The van der Waals surface area contributed by atoms with Crippen LogP contribution in [-0.2, 0) is 11.2 Å². The molecule has 142 valence electrons. The van der Waals surface area contributed by atoms with Crippen molar-refractivity contribution in [2.75, 3.05) is 33.3 Å². The first-order chi connectivity index (χ1) is 13.1. The summed E-state index contributed by atoms with van der Waals surface area (Å²) in [6.07, 6.45) is 1.11. The number of aryl methyl sites for hydroxylation is 1. The second-order valence-corrected chi connectivity index (χ2v) is 6.94. The maximum absolute atomic E-state index is 12.7. The minimum absolute atomic E-state index is 0.0570. The molecule has 0 radical (unpaired) electrons. The van der Waals surface area contributed by atoms with E-state index in [0.717, 1.165) is 5.56 Å². The first-order valence-electron chi connectivity index (χ1n) is 9.03. The summed E-state index contributed by atoms with van der Waals surface area (Å²) in [6, 6.07) is 14.8. The van der Waals surface area contributed by atoms with Crippen LogP contribution >= 0.6 is 11.6 Å². The predicted molar refractivity (Wildman–Crippen MR) is 105 cm³/mol. The molecular formula is C21H23ClN2O3. The number of amides is 2. The van der Waals surface area contributed by atoms with Gasteiger partial charge in [-0.2, -0.15) is 0 Å². The second-order valence-electron chi connectivity index (χ2n) is 6.50. The Morgan fingerprint density at radius 3 is 2.41 bits per heavy atom. The number of piperazine rings is 1. The molecule has 1 aliphatic rings. The van der Waals surface area contributed by atoms with Gasteiger partial charge in [-0.1, -0.05) is 35.9 Å². The van der Waals surface area contributed by atoms with Gasteiger partial charge in [0.1, 0.15) is 5.75 Å². The van der Waals surface area contributed by atoms with E-state index in [9.17, 15) is 9.59 Å². The number of benzene rings is 2. The van der Waals surface area contributed by atoms with E-state index in [-0.39, 0.29) is 11.8 Å². The lowest BCUT2D eigenvalue weighted by Crippen LogP contribution is -2.50. The number of carbonyl (C=O) groups is 2. The number of nitrogens with zero attached hydrogens (tertiary/aromatic N) is 2. The van der Waals surface area contributed by atoms with E-state index in [4.69, 9.17) is 16.3 Å². The standard InChI is InChI=1S/C21H23ClN2O3/c1-27-19-8-3-2-7-18(19)21(26)24-13-11-23(12-14-24)20(25)10-9-16-5-4-6-17(22)15-16/h2-8,15H,9-14H2,1H3. The van der Waals surface area contributed by atoms with Crippen molar-refractivity contribution in [3.05, 3.63) is 64.7 Å². The monoisotopic (exact) mass is 386 g/mol. The van der Waals surface area contributed by atoms with Crippen molar-refractivity contribution in [1.29, 1.82) is 0 Å². The average Bonchev–Trinajstić information content (AvgIpc) is 2.71. The van der Waals surface area contributed by atoms with Crippen molar-refractivity contribution in [3.8, 4) is 5.75 Å². The molecule has 0 saturated carbocycles. The molecule has 1 saturated heterocycles. The minimum Gasteiger partial charge on any atom is -0.496 e. The van der Waals surface area contributed by atoms with Crippen molar-refractivity contribution < 1.29 is 14.3 Å². The molecule has 0 aromatic heterocycles. The van der Waals surface area contributed by atoms with Gasteiger partial charge in [-0.25, -0.2) is 0 Å². The fraction of sp³-hybridized carbons (Fsp3) is 0.333. The number of hydrogen-bond acceptors (Lipinski definition) is 3. The molecular weight excluding hydrogens is 364 g/mol. The smallest absolute Gasteiger partial charge is 0.257 e. The number of halogens is 1. The van der Waals surface area contributed by atoms with Gasteiger partial charge in [-0.05, 0) is 36.2 Å². The van der Waals surface area contributed by atoms with E-state index < -0.39 is 0 Å². The average molecular weight is 387 g/mol. The summed E-state index contributed by atoms with van der Waals surface area (Å²) in [6.45, 7) is 2.16. The molecule has 0 bridgehead atoms. The Labute approximate surface area is 164 Å². The summed E-state index contributed by atoms with van der Waals surface area (Å²) in [7, 11) is 1.56. The molecule has 2 aromatic carbocycles. The number of methoxy groups -OCH3 is 1. The third-order valence-electron chi connectivity index (χ3n) is 4.77. The van der Waals surface area contributed by atoms with Gasteiger partial charge in [0.05, 0.1) is 12.7 Å². The number of para-hydroxylation sites is 1. The van der Waals surface area contributed by atoms with Gasteiger partial charge in [0, 0.05) is 37.6 Å². The maximum Gasteiger partial charge on any atom is 0.257 e. The molecule has 0 N–H and O–H groups in total. The van der Waals surface area contributed by atoms with Crippen molar-refractivity contribution in [2.45, 2.75) is 12.8 Å². The summed E-state index contributed by atoms with van der Waals surface area (Å²) < 4.78 is 5.28. The van der Waals surface area contributed by atoms with Crippen LogP contribution in [0.2, 0.25) is 5.02 Å². The summed E-state index contributed by atoms with van der Waals surface area (Å²) in [5.41, 5.74) is 1.61. The number of carbonyl (C=O) groups excluding carboxylic acids is 2. The van der Waals surface area contributed by atoms with Gasteiger partial charge in [-0.3, -0.25) is 9.59 Å². The largest absolute Gasteiger partial charge is 0.496 e. The third-order valence-corrected chi connectivity index (χ3v) is 5.01. The topological polar surface area (TPSA) is 49.9 Å². The Morgan fingerprint density at radius 2 is 1.70 bits per heavy atom. The fourth-order valence-electron chi connectivity index (χ4n) is 3.25. The highest BCUT2D eigenvalue weighted by molar-refractivity contribution is 6.30. The molecule has 1 aliphatic heterocycles. The quantitative estimate of drug-likeness (QED) is 0.792. The molecule has 3 rings (SSSR count). The number of rotatable bonds is 5. The highest BCUT2D eigenvalue weighted by atomic mass is 35.5. The van der Waals surface area contributed by atoms with Crippen molar-refractivity contribution in [2.24, 2.45) is 0 Å². The van der Waals surface area contributed by atoms with Crippen LogP contribution in [0.5, 0.6) is 5.75 Å². The molecule has 0 aliphatic carbocycles. The van der Waals surface area contributed by atoms with Crippen LogP contribution in [0.3, 0.4) is 0 Å². The highest BCUT2D eigenvalue weighted by Gasteiger charge is 2.26. The molecule has 5 nitrogen and oxygen atoms in total. The Hall–Kier alpha value is -2.53. The second kappa shape index (κ2) is 8.91. The lowest BCUT2D eigenvalue weighted by molar-refractivity contribution is -0.132. The summed E-state index contributed by atoms with van der Waals surface area (Å²) >= 11 is 5.98. The van der Waals surface area contributed by atoms with Crippen molar-refractivity contribution >= 4 is 23.4 Å². The molecule has 27 heavy (non-hydrogen) atoms. The van der Waals surface area contributed by atoms with E-state index in [2.05, 4.69) is 0 Å². The maximum atomic E-state index is 12.7. The molecule has 6 heteroatoms. The Morgan fingerprint density at radius 1 is 1.00 bits per heavy atom. The predicted octanol–water partition coefficient (Wildman–Crippen LogP) is 3.27. The Bertz CT molecular complexity index is 817. The zero-order chi connectivity index (χ0) is 19.2. The van der Waals surface area contributed by atoms with Crippen LogP contribution in [-0.4, -0.2) is 54.9 Å². The molecule has 0 unspecified atom stereocenters. The Kier molecular flexibility index (Phi) is 6.35. The zero-order valence-corrected chi connectivity index (χ0v) is 16.1. The first-order valence-corrected chi connectivity index (χ1v) is 9.41. The third kappa shape index (κ3) is 4.80. The summed E-state index contributed by atoms with van der Waals surface area (Å²) in [5, 5.41) is 0.684. The van der Waals surface area contributed by atoms with Gasteiger partial charge in [-0.15, -0.1) is 0 Å². The van der Waals surface area contributed by atoms with Gasteiger partial charge >= 0.3 is 0 Å². The lowest BCUT2D eigenvalue weighted by Gasteiger charge is -2.35. The number of ether oxygens (including phenoxy) is 1. The van der Waals surface area contributed by atoms with Crippen LogP contribution < -0.4 is 4.74 Å². The summed E-state index contributed by atoms with van der Waals surface area (Å²) in [5.74, 6) is 0.625. The van der Waals surface area contributed by atoms with Crippen LogP contribution in [0.25, 0.3) is 0 Å². The number of hydrogen-bond donors (Lipinski definition) is 0. The van der Waals surface area contributed by atoms with Gasteiger partial charge in [0.25, 0.3) is 5.91 Å². The molecule has 0 atom stereocenters.